The second-order valence-electron chi connectivity index (χ2n) is 13.1. The van der Waals surface area contributed by atoms with Gasteiger partial charge >= 0.3 is 0 Å². The summed E-state index contributed by atoms with van der Waals surface area (Å²) in [6.07, 6.45) is 7.46. The van der Waals surface area contributed by atoms with Crippen molar-refractivity contribution in [2.24, 2.45) is 23.7 Å². The number of hydrogen-bond acceptors (Lipinski definition) is 7. The van der Waals surface area contributed by atoms with E-state index in [9.17, 15) is 19.8 Å². The molecule has 0 aliphatic carbocycles. The summed E-state index contributed by atoms with van der Waals surface area (Å²) < 4.78 is 18.1. The largest absolute Gasteiger partial charge is 0.393 e. The molecule has 0 aromatic carbocycles. The standard InChI is InChI=1S/C32H54O7/c1-7-20(4)8-12-26-13-15-28(37-26)21(5)16-23(33)9-10-24(34)18-25(35)11-14-27(36)31-22(6)17-29(38-31)32-30(39-32)19(2)3/h7,19-22,25-32,35-36H,1,8-18H2,2-6H3/t20?,21-,22-,25?,26+,27-,28+,29-,30?,31-,32?/m1/s1. The molecule has 4 unspecified atom stereocenters. The van der Waals surface area contributed by atoms with Crippen LogP contribution in [0.3, 0.4) is 0 Å². The van der Waals surface area contributed by atoms with Gasteiger partial charge in [-0.25, -0.2) is 0 Å². The van der Waals surface area contributed by atoms with Crippen LogP contribution in [0.1, 0.15) is 105 Å². The third-order valence-corrected chi connectivity index (χ3v) is 9.07. The summed E-state index contributed by atoms with van der Waals surface area (Å²) in [4.78, 5) is 24.9. The zero-order valence-electron chi connectivity index (χ0n) is 24.9. The first kappa shape index (κ1) is 32.4. The Kier molecular flexibility index (Phi) is 12.6. The number of epoxide rings is 1. The van der Waals surface area contributed by atoms with Crippen molar-refractivity contribution in [3.05, 3.63) is 12.7 Å². The lowest BCUT2D eigenvalue weighted by Crippen LogP contribution is -2.32. The van der Waals surface area contributed by atoms with Gasteiger partial charge in [0.25, 0.3) is 0 Å². The van der Waals surface area contributed by atoms with Gasteiger partial charge in [-0.1, -0.05) is 40.7 Å². The van der Waals surface area contributed by atoms with Gasteiger partial charge in [0.2, 0.25) is 0 Å². The van der Waals surface area contributed by atoms with Gasteiger partial charge in [0.05, 0.1) is 42.7 Å². The van der Waals surface area contributed by atoms with Crippen molar-refractivity contribution in [2.75, 3.05) is 0 Å². The van der Waals surface area contributed by atoms with Crippen molar-refractivity contribution in [1.29, 1.82) is 0 Å². The molecule has 39 heavy (non-hydrogen) atoms. The molecule has 2 N–H and O–H groups in total. The number of carbonyl (C=O) groups excluding carboxylic acids is 2. The molecule has 3 aliphatic heterocycles. The molecule has 7 heteroatoms. The van der Waals surface area contributed by atoms with E-state index in [1.807, 2.05) is 6.08 Å². The number of rotatable bonds is 18. The van der Waals surface area contributed by atoms with E-state index in [1.54, 1.807) is 0 Å². The van der Waals surface area contributed by atoms with Gasteiger partial charge in [-0.2, -0.15) is 0 Å². The number of aliphatic hydroxyl groups is 2. The lowest BCUT2D eigenvalue weighted by atomic mass is 9.92. The van der Waals surface area contributed by atoms with E-state index < -0.39 is 12.2 Å². The van der Waals surface area contributed by atoms with Crippen molar-refractivity contribution in [1.82, 2.24) is 0 Å². The fourth-order valence-electron chi connectivity index (χ4n) is 6.34. The van der Waals surface area contributed by atoms with E-state index in [0.29, 0.717) is 31.1 Å². The summed E-state index contributed by atoms with van der Waals surface area (Å²) >= 11 is 0. The Morgan fingerprint density at radius 3 is 2.26 bits per heavy atom. The summed E-state index contributed by atoms with van der Waals surface area (Å²) in [6, 6.07) is 0. The molecular formula is C32H54O7. The molecular weight excluding hydrogens is 496 g/mol. The molecule has 224 valence electrons. The summed E-state index contributed by atoms with van der Waals surface area (Å²) in [5, 5.41) is 21.1. The number of allylic oxidation sites excluding steroid dienone is 1. The summed E-state index contributed by atoms with van der Waals surface area (Å²) in [7, 11) is 0. The fourth-order valence-corrected chi connectivity index (χ4v) is 6.34. The summed E-state index contributed by atoms with van der Waals surface area (Å²) in [5.74, 6) is 1.28. The molecule has 0 spiro atoms. The predicted octanol–water partition coefficient (Wildman–Crippen LogP) is 5.19. The van der Waals surface area contributed by atoms with Crippen molar-refractivity contribution in [3.63, 3.8) is 0 Å². The van der Waals surface area contributed by atoms with E-state index in [2.05, 4.69) is 41.2 Å². The van der Waals surface area contributed by atoms with Crippen LogP contribution in [0, 0.1) is 23.7 Å². The predicted molar refractivity (Wildman–Crippen MR) is 151 cm³/mol. The molecule has 0 saturated carbocycles. The van der Waals surface area contributed by atoms with E-state index in [1.165, 1.54) is 0 Å². The molecule has 0 aromatic rings. The van der Waals surface area contributed by atoms with Crippen LogP contribution in [0.5, 0.6) is 0 Å². The Labute approximate surface area is 236 Å². The minimum atomic E-state index is -0.821. The van der Waals surface area contributed by atoms with E-state index in [4.69, 9.17) is 14.2 Å². The second kappa shape index (κ2) is 15.2. The SMILES string of the molecule is C=CC(C)CC[C@H]1CC[C@@H]([C@H](C)CC(=O)CCC(=O)CC(O)CC[C@@H](O)[C@@H]2O[C@@H](C3OC3C(C)C)C[C@H]2C)O1. The van der Waals surface area contributed by atoms with Crippen LogP contribution in [0.4, 0.5) is 0 Å². The maximum atomic E-state index is 12.5. The number of ketones is 2. The Morgan fingerprint density at radius 2 is 1.62 bits per heavy atom. The first-order valence-electron chi connectivity index (χ1n) is 15.5. The lowest BCUT2D eigenvalue weighted by Gasteiger charge is -2.23. The number of ether oxygens (including phenoxy) is 3. The molecule has 7 nitrogen and oxygen atoms in total. The van der Waals surface area contributed by atoms with Crippen LogP contribution < -0.4 is 0 Å². The summed E-state index contributed by atoms with van der Waals surface area (Å²) in [6.45, 7) is 14.4. The normalized spacial score (nSPS) is 33.6. The van der Waals surface area contributed by atoms with Gasteiger partial charge < -0.3 is 24.4 Å². The van der Waals surface area contributed by atoms with Gasteiger partial charge in [-0.15, -0.1) is 6.58 Å². The Morgan fingerprint density at radius 1 is 0.923 bits per heavy atom. The van der Waals surface area contributed by atoms with Crippen molar-refractivity contribution in [3.8, 4) is 0 Å². The molecule has 0 radical (unpaired) electrons. The van der Waals surface area contributed by atoms with Crippen LogP contribution in [-0.2, 0) is 23.8 Å². The molecule has 3 rings (SSSR count). The van der Waals surface area contributed by atoms with Crippen molar-refractivity contribution < 1.29 is 34.0 Å². The van der Waals surface area contributed by atoms with Gasteiger partial charge in [0, 0.05) is 25.7 Å². The first-order chi connectivity index (χ1) is 18.5. The lowest BCUT2D eigenvalue weighted by molar-refractivity contribution is -0.126. The molecule has 0 bridgehead atoms. The highest BCUT2D eigenvalue weighted by molar-refractivity contribution is 5.86. The Bertz CT molecular complexity index is 797. The maximum absolute atomic E-state index is 12.5. The summed E-state index contributed by atoms with van der Waals surface area (Å²) in [5.41, 5.74) is 0. The topological polar surface area (TPSA) is 106 Å². The molecule has 11 atom stereocenters. The van der Waals surface area contributed by atoms with E-state index in [0.717, 1.165) is 32.1 Å². The Hall–Kier alpha value is -1.12. The van der Waals surface area contributed by atoms with Crippen LogP contribution in [-0.4, -0.2) is 70.6 Å². The van der Waals surface area contributed by atoms with Crippen LogP contribution in [0.25, 0.3) is 0 Å². The highest BCUT2D eigenvalue weighted by Gasteiger charge is 2.52. The molecule has 0 aromatic heterocycles. The molecule has 3 heterocycles. The smallest absolute Gasteiger partial charge is 0.135 e. The van der Waals surface area contributed by atoms with Gasteiger partial charge in [0.1, 0.15) is 17.7 Å². The number of aliphatic hydroxyl groups excluding tert-OH is 2. The van der Waals surface area contributed by atoms with Gasteiger partial charge in [-0.3, -0.25) is 9.59 Å². The average molecular weight is 551 g/mol. The van der Waals surface area contributed by atoms with Crippen LogP contribution in [0.15, 0.2) is 12.7 Å². The molecule has 3 aliphatic rings. The van der Waals surface area contributed by atoms with Crippen molar-refractivity contribution in [2.45, 2.75) is 154 Å². The number of carbonyl (C=O) groups is 2. The Balaban J connectivity index is 1.27. The molecule has 3 saturated heterocycles. The fraction of sp³-hybridized carbons (Fsp3) is 0.875. The quantitative estimate of drug-likeness (QED) is 0.179. The third kappa shape index (κ3) is 10.0. The molecule has 0 amide bonds. The van der Waals surface area contributed by atoms with Gasteiger partial charge in [0.15, 0.2) is 0 Å². The van der Waals surface area contributed by atoms with E-state index >= 15 is 0 Å². The zero-order valence-corrected chi connectivity index (χ0v) is 24.9. The highest BCUT2D eigenvalue weighted by Crippen LogP contribution is 2.41. The number of Topliss-reactive ketones (excluding diaryl/α,β-unsaturated/α-hetero) is 2. The van der Waals surface area contributed by atoms with Crippen LogP contribution >= 0.6 is 0 Å². The second-order valence-corrected chi connectivity index (χ2v) is 13.1. The molecule has 3 fully saturated rings. The maximum Gasteiger partial charge on any atom is 0.135 e. The number of hydrogen-bond donors (Lipinski definition) is 2. The van der Waals surface area contributed by atoms with E-state index in [-0.39, 0.29) is 79.3 Å². The van der Waals surface area contributed by atoms with Crippen LogP contribution in [0.2, 0.25) is 0 Å². The highest BCUT2D eigenvalue weighted by atomic mass is 16.6. The van der Waals surface area contributed by atoms with Crippen molar-refractivity contribution >= 4 is 11.6 Å². The third-order valence-electron chi connectivity index (χ3n) is 9.07. The minimum absolute atomic E-state index is 0.0157. The monoisotopic (exact) mass is 550 g/mol. The first-order valence-corrected chi connectivity index (χ1v) is 15.5. The minimum Gasteiger partial charge on any atom is -0.393 e. The average Bonchev–Trinajstić information content (AvgIpc) is 3.39. The zero-order chi connectivity index (χ0) is 28.7. The van der Waals surface area contributed by atoms with Gasteiger partial charge in [-0.05, 0) is 68.6 Å².